The van der Waals surface area contributed by atoms with Crippen LogP contribution in [0, 0.1) is 0 Å². The summed E-state index contributed by atoms with van der Waals surface area (Å²) in [7, 11) is 1.60. The maximum absolute atomic E-state index is 5.25. The Morgan fingerprint density at radius 3 is 2.93 bits per heavy atom. The summed E-state index contributed by atoms with van der Waals surface area (Å²) in [5.74, 6) is 1.31. The zero-order chi connectivity index (χ0) is 9.80. The Labute approximate surface area is 82.7 Å². The highest BCUT2D eigenvalue weighted by Gasteiger charge is 2.13. The minimum Gasteiger partial charge on any atom is -0.481 e. The summed E-state index contributed by atoms with van der Waals surface area (Å²) < 4.78 is 10.3. The minimum atomic E-state index is 0.599. The van der Waals surface area contributed by atoms with Crippen LogP contribution in [0.25, 0.3) is 0 Å². The maximum atomic E-state index is 5.25. The molecule has 0 aliphatic carbocycles. The lowest BCUT2D eigenvalue weighted by molar-refractivity contribution is 0.122. The summed E-state index contributed by atoms with van der Waals surface area (Å²) in [4.78, 5) is 10.5. The highest BCUT2D eigenvalue weighted by molar-refractivity contribution is 5.32. The highest BCUT2D eigenvalue weighted by atomic mass is 16.5. The van der Waals surface area contributed by atoms with Crippen LogP contribution in [0.3, 0.4) is 0 Å². The van der Waals surface area contributed by atoms with E-state index in [4.69, 9.17) is 9.47 Å². The first-order valence-electron chi connectivity index (χ1n) is 4.60. The average molecular weight is 195 g/mol. The minimum absolute atomic E-state index is 0.599. The van der Waals surface area contributed by atoms with Gasteiger partial charge in [0.2, 0.25) is 11.8 Å². The molecule has 5 nitrogen and oxygen atoms in total. The third kappa shape index (κ3) is 1.93. The first-order valence-corrected chi connectivity index (χ1v) is 4.60. The smallest absolute Gasteiger partial charge is 0.228 e. The Hall–Kier alpha value is -1.36. The molecular weight excluding hydrogens is 182 g/mol. The number of hydrogen-bond acceptors (Lipinski definition) is 5. The summed E-state index contributed by atoms with van der Waals surface area (Å²) in [5, 5.41) is 0. The SMILES string of the molecule is COc1ccnc(N2CCOCC2)n1. The van der Waals surface area contributed by atoms with Crippen LogP contribution in [0.4, 0.5) is 5.95 Å². The summed E-state index contributed by atoms with van der Waals surface area (Å²) in [6, 6.07) is 1.74. The van der Waals surface area contributed by atoms with Gasteiger partial charge in [0.1, 0.15) is 0 Å². The third-order valence-electron chi connectivity index (χ3n) is 2.12. The van der Waals surface area contributed by atoms with Crippen molar-refractivity contribution in [2.45, 2.75) is 0 Å². The first-order chi connectivity index (χ1) is 6.90. The van der Waals surface area contributed by atoms with E-state index in [1.165, 1.54) is 0 Å². The zero-order valence-corrected chi connectivity index (χ0v) is 8.14. The second-order valence-corrected chi connectivity index (χ2v) is 3.00. The molecule has 1 aliphatic heterocycles. The third-order valence-corrected chi connectivity index (χ3v) is 2.12. The van der Waals surface area contributed by atoms with E-state index in [-0.39, 0.29) is 0 Å². The Balaban J connectivity index is 2.13. The fourth-order valence-electron chi connectivity index (χ4n) is 1.36. The van der Waals surface area contributed by atoms with Gasteiger partial charge in [-0.2, -0.15) is 4.98 Å². The molecule has 2 rings (SSSR count). The monoisotopic (exact) mass is 195 g/mol. The lowest BCUT2D eigenvalue weighted by Crippen LogP contribution is -2.37. The Kier molecular flexibility index (Phi) is 2.78. The van der Waals surface area contributed by atoms with E-state index >= 15 is 0 Å². The van der Waals surface area contributed by atoms with E-state index in [1.54, 1.807) is 19.4 Å². The van der Waals surface area contributed by atoms with Gasteiger partial charge >= 0.3 is 0 Å². The van der Waals surface area contributed by atoms with Crippen LogP contribution >= 0.6 is 0 Å². The molecule has 0 radical (unpaired) electrons. The van der Waals surface area contributed by atoms with Gasteiger partial charge in [0.05, 0.1) is 20.3 Å². The van der Waals surface area contributed by atoms with Gasteiger partial charge in [0, 0.05) is 25.4 Å². The number of aromatic nitrogens is 2. The highest BCUT2D eigenvalue weighted by Crippen LogP contribution is 2.13. The maximum Gasteiger partial charge on any atom is 0.228 e. The Morgan fingerprint density at radius 2 is 2.21 bits per heavy atom. The summed E-state index contributed by atoms with van der Waals surface area (Å²) in [5.41, 5.74) is 0. The van der Waals surface area contributed by atoms with E-state index in [0.29, 0.717) is 11.8 Å². The standard InChI is InChI=1S/C9H13N3O2/c1-13-8-2-3-10-9(11-8)12-4-6-14-7-5-12/h2-3H,4-7H2,1H3. The quantitative estimate of drug-likeness (QED) is 0.680. The molecule has 76 valence electrons. The Bertz CT molecular complexity index is 300. The second kappa shape index (κ2) is 4.23. The molecule has 1 saturated heterocycles. The number of methoxy groups -OCH3 is 1. The largest absolute Gasteiger partial charge is 0.481 e. The molecule has 2 heterocycles. The van der Waals surface area contributed by atoms with Crippen LogP contribution in [0.15, 0.2) is 12.3 Å². The van der Waals surface area contributed by atoms with Crippen LogP contribution in [0.2, 0.25) is 0 Å². The van der Waals surface area contributed by atoms with Gasteiger partial charge in [0.15, 0.2) is 0 Å². The molecule has 5 heteroatoms. The predicted molar refractivity (Wildman–Crippen MR) is 51.6 cm³/mol. The van der Waals surface area contributed by atoms with Crippen LogP contribution in [0.5, 0.6) is 5.88 Å². The van der Waals surface area contributed by atoms with Crippen molar-refractivity contribution in [3.63, 3.8) is 0 Å². The number of nitrogens with zero attached hydrogens (tertiary/aromatic N) is 3. The summed E-state index contributed by atoms with van der Waals surface area (Å²) >= 11 is 0. The zero-order valence-electron chi connectivity index (χ0n) is 8.14. The lowest BCUT2D eigenvalue weighted by atomic mass is 10.4. The molecule has 0 spiro atoms. The first kappa shape index (κ1) is 9.21. The van der Waals surface area contributed by atoms with E-state index in [2.05, 4.69) is 14.9 Å². The van der Waals surface area contributed by atoms with Crippen LogP contribution in [0.1, 0.15) is 0 Å². The van der Waals surface area contributed by atoms with Crippen molar-refractivity contribution in [2.75, 3.05) is 38.3 Å². The second-order valence-electron chi connectivity index (χ2n) is 3.00. The van der Waals surface area contributed by atoms with Gasteiger partial charge in [-0.1, -0.05) is 0 Å². The van der Waals surface area contributed by atoms with Crippen molar-refractivity contribution in [2.24, 2.45) is 0 Å². The summed E-state index contributed by atoms with van der Waals surface area (Å²) in [6.07, 6.45) is 1.70. The normalized spacial score (nSPS) is 16.8. The molecule has 0 atom stereocenters. The van der Waals surface area contributed by atoms with Gasteiger partial charge in [-0.3, -0.25) is 0 Å². The molecule has 0 unspecified atom stereocenters. The molecule has 0 saturated carbocycles. The molecule has 1 fully saturated rings. The number of anilines is 1. The number of hydrogen-bond donors (Lipinski definition) is 0. The van der Waals surface area contributed by atoms with E-state index in [1.807, 2.05) is 0 Å². The molecular formula is C9H13N3O2. The van der Waals surface area contributed by atoms with Gasteiger partial charge in [0.25, 0.3) is 0 Å². The number of ether oxygens (including phenoxy) is 2. The molecule has 0 aromatic carbocycles. The van der Waals surface area contributed by atoms with Crippen molar-refractivity contribution < 1.29 is 9.47 Å². The molecule has 1 aromatic rings. The van der Waals surface area contributed by atoms with Crippen molar-refractivity contribution in [3.8, 4) is 5.88 Å². The van der Waals surface area contributed by atoms with Gasteiger partial charge in [-0.15, -0.1) is 0 Å². The van der Waals surface area contributed by atoms with Gasteiger partial charge in [-0.25, -0.2) is 4.98 Å². The molecule has 0 N–H and O–H groups in total. The van der Waals surface area contributed by atoms with Crippen molar-refractivity contribution in [1.29, 1.82) is 0 Å². The molecule has 1 aromatic heterocycles. The van der Waals surface area contributed by atoms with Crippen molar-refractivity contribution in [3.05, 3.63) is 12.3 Å². The fraction of sp³-hybridized carbons (Fsp3) is 0.556. The van der Waals surface area contributed by atoms with Crippen LogP contribution in [-0.2, 0) is 4.74 Å². The number of morpholine rings is 1. The van der Waals surface area contributed by atoms with Gasteiger partial charge < -0.3 is 14.4 Å². The van der Waals surface area contributed by atoms with E-state index in [9.17, 15) is 0 Å². The Morgan fingerprint density at radius 1 is 1.43 bits per heavy atom. The lowest BCUT2D eigenvalue weighted by Gasteiger charge is -2.26. The van der Waals surface area contributed by atoms with Crippen LogP contribution < -0.4 is 9.64 Å². The number of rotatable bonds is 2. The molecule has 14 heavy (non-hydrogen) atoms. The molecule has 1 aliphatic rings. The van der Waals surface area contributed by atoms with E-state index < -0.39 is 0 Å². The average Bonchev–Trinajstić information content (AvgIpc) is 2.30. The topological polar surface area (TPSA) is 47.5 Å². The molecule has 0 amide bonds. The van der Waals surface area contributed by atoms with Crippen molar-refractivity contribution in [1.82, 2.24) is 9.97 Å². The molecule has 0 bridgehead atoms. The fourth-order valence-corrected chi connectivity index (χ4v) is 1.36. The van der Waals surface area contributed by atoms with E-state index in [0.717, 1.165) is 26.3 Å². The predicted octanol–water partition coefficient (Wildman–Crippen LogP) is 0.322. The van der Waals surface area contributed by atoms with Crippen molar-refractivity contribution >= 4 is 5.95 Å². The van der Waals surface area contributed by atoms with Gasteiger partial charge in [-0.05, 0) is 0 Å². The summed E-state index contributed by atoms with van der Waals surface area (Å²) in [6.45, 7) is 3.15. The van der Waals surface area contributed by atoms with Crippen LogP contribution in [-0.4, -0.2) is 43.4 Å².